The van der Waals surface area contributed by atoms with Gasteiger partial charge in [-0.2, -0.15) is 0 Å². The molecule has 1 saturated carbocycles. The molecule has 0 amide bonds. The van der Waals surface area contributed by atoms with Gasteiger partial charge in [-0.3, -0.25) is 9.69 Å². The summed E-state index contributed by atoms with van der Waals surface area (Å²) in [7, 11) is 0. The van der Waals surface area contributed by atoms with E-state index in [0.717, 1.165) is 18.4 Å². The maximum absolute atomic E-state index is 12.5. The van der Waals surface area contributed by atoms with Gasteiger partial charge in [-0.05, 0) is 32.3 Å². The zero-order valence-electron chi connectivity index (χ0n) is 13.6. The number of aliphatic hydroxyl groups is 2. The van der Waals surface area contributed by atoms with Crippen molar-refractivity contribution < 1.29 is 19.7 Å². The van der Waals surface area contributed by atoms with Gasteiger partial charge in [0, 0.05) is 18.0 Å². The van der Waals surface area contributed by atoms with Crippen molar-refractivity contribution in [2.75, 3.05) is 6.61 Å². The molecular formula is C18H25NO4. The van der Waals surface area contributed by atoms with Crippen molar-refractivity contribution in [3.8, 4) is 0 Å². The second kappa shape index (κ2) is 6.59. The second-order valence-corrected chi connectivity index (χ2v) is 6.52. The first kappa shape index (κ1) is 16.4. The number of benzene rings is 1. The van der Waals surface area contributed by atoms with Gasteiger partial charge in [0.15, 0.2) is 0 Å². The third kappa shape index (κ3) is 2.77. The predicted molar refractivity (Wildman–Crippen MR) is 85.6 cm³/mol. The maximum atomic E-state index is 12.5. The lowest BCUT2D eigenvalue weighted by atomic mass is 9.70. The van der Waals surface area contributed by atoms with Gasteiger partial charge in [0.2, 0.25) is 0 Å². The van der Waals surface area contributed by atoms with Crippen LogP contribution in [0.15, 0.2) is 30.3 Å². The van der Waals surface area contributed by atoms with Crippen molar-refractivity contribution in [1.82, 2.24) is 4.90 Å². The molecule has 2 saturated heterocycles. The minimum atomic E-state index is -0.859. The molecule has 2 N–H and O–H groups in total. The Morgan fingerprint density at radius 2 is 1.96 bits per heavy atom. The summed E-state index contributed by atoms with van der Waals surface area (Å²) in [4.78, 5) is 14.6. The van der Waals surface area contributed by atoms with Gasteiger partial charge in [-0.25, -0.2) is 0 Å². The monoisotopic (exact) mass is 319 g/mol. The van der Waals surface area contributed by atoms with E-state index in [4.69, 9.17) is 4.74 Å². The van der Waals surface area contributed by atoms with Crippen molar-refractivity contribution in [3.63, 3.8) is 0 Å². The third-order valence-corrected chi connectivity index (χ3v) is 5.35. The van der Waals surface area contributed by atoms with E-state index in [2.05, 4.69) is 4.90 Å². The first-order valence-electron chi connectivity index (χ1n) is 8.41. The molecule has 5 nitrogen and oxygen atoms in total. The molecule has 2 unspecified atom stereocenters. The van der Waals surface area contributed by atoms with E-state index in [1.54, 1.807) is 6.92 Å². The van der Waals surface area contributed by atoms with Gasteiger partial charge in [-0.15, -0.1) is 0 Å². The van der Waals surface area contributed by atoms with Crippen molar-refractivity contribution in [2.24, 2.45) is 5.92 Å². The van der Waals surface area contributed by atoms with Crippen molar-refractivity contribution in [3.05, 3.63) is 35.9 Å². The molecular weight excluding hydrogens is 294 g/mol. The lowest BCUT2D eigenvalue weighted by Gasteiger charge is -2.56. The second-order valence-electron chi connectivity index (χ2n) is 6.52. The van der Waals surface area contributed by atoms with Crippen molar-refractivity contribution in [2.45, 2.75) is 57.0 Å². The average molecular weight is 319 g/mol. The third-order valence-electron chi connectivity index (χ3n) is 5.35. The molecule has 3 fully saturated rings. The van der Waals surface area contributed by atoms with E-state index in [1.165, 1.54) is 0 Å². The Bertz CT molecular complexity index is 549. The first-order valence-corrected chi connectivity index (χ1v) is 8.41. The van der Waals surface area contributed by atoms with Crippen molar-refractivity contribution >= 4 is 5.97 Å². The Morgan fingerprint density at radius 3 is 2.61 bits per heavy atom. The van der Waals surface area contributed by atoms with Crippen LogP contribution >= 0.6 is 0 Å². The summed E-state index contributed by atoms with van der Waals surface area (Å²) in [6, 6.07) is 9.20. The molecule has 0 radical (unpaired) electrons. The van der Waals surface area contributed by atoms with Gasteiger partial charge in [0.1, 0.15) is 6.04 Å². The van der Waals surface area contributed by atoms with E-state index >= 15 is 0 Å². The molecule has 3 aliphatic rings. The number of piperidine rings is 2. The van der Waals surface area contributed by atoms with Crippen molar-refractivity contribution in [1.29, 1.82) is 0 Å². The largest absolute Gasteiger partial charge is 0.465 e. The molecule has 126 valence electrons. The molecule has 2 heterocycles. The van der Waals surface area contributed by atoms with Crippen LogP contribution in [-0.4, -0.2) is 52.0 Å². The normalized spacial score (nSPS) is 35.0. The van der Waals surface area contributed by atoms with Gasteiger partial charge in [0.25, 0.3) is 0 Å². The van der Waals surface area contributed by atoms with Crippen LogP contribution in [0, 0.1) is 5.92 Å². The Morgan fingerprint density at radius 1 is 1.26 bits per heavy atom. The maximum Gasteiger partial charge on any atom is 0.323 e. The molecule has 0 aromatic heterocycles. The van der Waals surface area contributed by atoms with Crippen LogP contribution in [-0.2, 0) is 9.53 Å². The molecule has 1 aromatic rings. The number of aliphatic hydroxyl groups excluding tert-OH is 2. The fourth-order valence-corrected chi connectivity index (χ4v) is 4.24. The molecule has 1 aliphatic carbocycles. The van der Waals surface area contributed by atoms with E-state index in [-0.39, 0.29) is 24.0 Å². The minimum Gasteiger partial charge on any atom is -0.465 e. The Labute approximate surface area is 136 Å². The highest BCUT2D eigenvalue weighted by atomic mass is 16.5. The van der Waals surface area contributed by atoms with Crippen LogP contribution in [0.1, 0.15) is 38.3 Å². The quantitative estimate of drug-likeness (QED) is 0.823. The molecule has 1 aromatic carbocycles. The molecule has 2 aliphatic heterocycles. The van der Waals surface area contributed by atoms with E-state index in [9.17, 15) is 15.0 Å². The van der Waals surface area contributed by atoms with Gasteiger partial charge in [0.05, 0.1) is 18.8 Å². The lowest BCUT2D eigenvalue weighted by molar-refractivity contribution is -0.196. The highest BCUT2D eigenvalue weighted by molar-refractivity contribution is 5.77. The summed E-state index contributed by atoms with van der Waals surface area (Å²) in [6.07, 6.45) is -0.145. The smallest absolute Gasteiger partial charge is 0.323 e. The highest BCUT2D eigenvalue weighted by Gasteiger charge is 2.56. The number of fused-ring (bicyclic) bond motifs is 3. The summed E-state index contributed by atoms with van der Waals surface area (Å²) in [5.74, 6) is -0.573. The standard InChI is InChI=1S/C18H25NO4/c1-3-23-18(22)15-13-9-10-14(17(21)16(13)20)19(15)11(2)12-7-5-4-6-8-12/h4-8,11,13-17,20-21H,3,9-10H2,1-2H3/t11-,13-,14+,15+,16?,17?/m0/s1. The molecule has 6 atom stereocenters. The molecule has 23 heavy (non-hydrogen) atoms. The summed E-state index contributed by atoms with van der Waals surface area (Å²) < 4.78 is 5.26. The molecule has 0 spiro atoms. The van der Waals surface area contributed by atoms with Gasteiger partial charge < -0.3 is 14.9 Å². The fraction of sp³-hybridized carbons (Fsp3) is 0.611. The number of carbonyl (C=O) groups is 1. The summed E-state index contributed by atoms with van der Waals surface area (Å²) in [5, 5.41) is 20.8. The Hall–Kier alpha value is -1.43. The van der Waals surface area contributed by atoms with Crippen LogP contribution in [0.5, 0.6) is 0 Å². The number of esters is 1. The van der Waals surface area contributed by atoms with Gasteiger partial charge >= 0.3 is 5.97 Å². The molecule has 5 heteroatoms. The van der Waals surface area contributed by atoms with E-state index in [1.807, 2.05) is 37.3 Å². The SMILES string of the molecule is CCOC(=O)[C@H]1[C@@H]2CC[C@H](C(O)C2O)N1[C@@H](C)c1ccccc1. The molecule has 4 rings (SSSR count). The predicted octanol–water partition coefficient (Wildman–Crippen LogP) is 1.50. The van der Waals surface area contributed by atoms with Crippen LogP contribution in [0.25, 0.3) is 0 Å². The van der Waals surface area contributed by atoms with Crippen LogP contribution in [0.4, 0.5) is 0 Å². The zero-order valence-corrected chi connectivity index (χ0v) is 13.6. The van der Waals surface area contributed by atoms with Crippen LogP contribution < -0.4 is 0 Å². The summed E-state index contributed by atoms with van der Waals surface area (Å²) in [5.41, 5.74) is 1.09. The highest BCUT2D eigenvalue weighted by Crippen LogP contribution is 2.44. The number of ether oxygens (including phenoxy) is 1. The lowest BCUT2D eigenvalue weighted by Crippen LogP contribution is -2.69. The first-order chi connectivity index (χ1) is 11.1. The Kier molecular flexibility index (Phi) is 4.71. The van der Waals surface area contributed by atoms with Crippen LogP contribution in [0.3, 0.4) is 0 Å². The van der Waals surface area contributed by atoms with E-state index in [0.29, 0.717) is 6.61 Å². The van der Waals surface area contributed by atoms with Gasteiger partial charge in [-0.1, -0.05) is 30.3 Å². The summed E-state index contributed by atoms with van der Waals surface area (Å²) >= 11 is 0. The number of nitrogens with zero attached hydrogens (tertiary/aromatic N) is 1. The average Bonchev–Trinajstić information content (AvgIpc) is 2.58. The summed E-state index contributed by atoms with van der Waals surface area (Å²) in [6.45, 7) is 4.15. The number of carbonyl (C=O) groups excluding carboxylic acids is 1. The number of hydrogen-bond donors (Lipinski definition) is 2. The fourth-order valence-electron chi connectivity index (χ4n) is 4.24. The molecule has 2 bridgehead atoms. The Balaban J connectivity index is 1.95. The zero-order chi connectivity index (χ0) is 16.6. The number of rotatable bonds is 4. The number of hydrogen-bond acceptors (Lipinski definition) is 5. The minimum absolute atomic E-state index is 0.0273. The van der Waals surface area contributed by atoms with E-state index < -0.39 is 18.2 Å². The van der Waals surface area contributed by atoms with Crippen LogP contribution in [0.2, 0.25) is 0 Å². The topological polar surface area (TPSA) is 70.0 Å².